The summed E-state index contributed by atoms with van der Waals surface area (Å²) in [5.41, 5.74) is 2.46. The van der Waals surface area contributed by atoms with Crippen LogP contribution in [0, 0.1) is 0 Å². The predicted octanol–water partition coefficient (Wildman–Crippen LogP) is 4.40. The minimum absolute atomic E-state index is 0.260. The van der Waals surface area contributed by atoms with E-state index in [9.17, 15) is 0 Å². The van der Waals surface area contributed by atoms with Crippen LogP contribution in [0.3, 0.4) is 0 Å². The van der Waals surface area contributed by atoms with E-state index in [0.29, 0.717) is 12.6 Å². The molecule has 0 spiro atoms. The lowest BCUT2D eigenvalue weighted by Gasteiger charge is -2.27. The van der Waals surface area contributed by atoms with Crippen molar-refractivity contribution in [3.05, 3.63) is 45.6 Å². The van der Waals surface area contributed by atoms with Crippen LogP contribution in [0.15, 0.2) is 29.6 Å². The van der Waals surface area contributed by atoms with E-state index in [1.54, 1.807) is 0 Å². The van der Waals surface area contributed by atoms with Gasteiger partial charge >= 0.3 is 0 Å². The molecule has 1 aromatic carbocycles. The van der Waals surface area contributed by atoms with Crippen molar-refractivity contribution in [2.45, 2.75) is 51.8 Å². The largest absolute Gasteiger partial charge is 0.494 e. The van der Waals surface area contributed by atoms with Crippen molar-refractivity contribution in [2.24, 2.45) is 0 Å². The zero-order chi connectivity index (χ0) is 18.6. The van der Waals surface area contributed by atoms with Crippen LogP contribution in [0.25, 0.3) is 0 Å². The number of nitrogens with zero attached hydrogens (tertiary/aromatic N) is 1. The molecule has 0 saturated carbocycles. The molecule has 0 radical (unpaired) electrons. The second-order valence-corrected chi connectivity index (χ2v) is 8.52. The van der Waals surface area contributed by atoms with E-state index in [0.717, 1.165) is 31.0 Å². The highest BCUT2D eigenvalue weighted by Crippen LogP contribution is 2.35. The Morgan fingerprint density at radius 3 is 2.93 bits per heavy atom. The van der Waals surface area contributed by atoms with Crippen LogP contribution in [0.4, 0.5) is 0 Å². The first-order valence-corrected chi connectivity index (χ1v) is 11.1. The monoisotopic (exact) mass is 386 g/mol. The second kappa shape index (κ2) is 8.63. The van der Waals surface area contributed by atoms with Crippen molar-refractivity contribution in [2.75, 3.05) is 26.2 Å². The van der Waals surface area contributed by atoms with Crippen LogP contribution in [0.2, 0.25) is 0 Å². The first-order valence-electron chi connectivity index (χ1n) is 10.2. The Hall–Kier alpha value is -1.56. The number of hydrogen-bond donors (Lipinski definition) is 1. The summed E-state index contributed by atoms with van der Waals surface area (Å²) in [5, 5.41) is 5.88. The summed E-state index contributed by atoms with van der Waals surface area (Å²) in [4.78, 5) is 4.08. The van der Waals surface area contributed by atoms with Crippen molar-refractivity contribution in [1.82, 2.24) is 10.2 Å². The lowest BCUT2D eigenvalue weighted by Crippen LogP contribution is -2.33. The topological polar surface area (TPSA) is 33.7 Å². The molecule has 2 aliphatic rings. The maximum atomic E-state index is 5.96. The van der Waals surface area contributed by atoms with Gasteiger partial charge in [-0.15, -0.1) is 11.3 Å². The summed E-state index contributed by atoms with van der Waals surface area (Å²) < 4.78 is 11.9. The average Bonchev–Trinajstić information content (AvgIpc) is 3.40. The normalized spacial score (nSPS) is 20.4. The Kier molecular flexibility index (Phi) is 6.01. The van der Waals surface area contributed by atoms with Gasteiger partial charge in [-0.3, -0.25) is 4.90 Å². The number of hydrogen-bond acceptors (Lipinski definition) is 5. The van der Waals surface area contributed by atoms with E-state index in [1.807, 2.05) is 18.3 Å². The zero-order valence-corrected chi connectivity index (χ0v) is 17.2. The van der Waals surface area contributed by atoms with Gasteiger partial charge in [0, 0.05) is 35.5 Å². The molecule has 0 bridgehead atoms. The standard InChI is InChI=1S/C22H30N2O2S/c1-3-25-20-12-17-11-16(2)26-21(17)13-18(20)14-23-15-19(22-7-6-10-27-22)24-8-4-5-9-24/h6-7,10,12-13,16,19,23H,3-5,8-9,11,14-15H2,1-2H3/t16-,19-/m1/s1. The maximum Gasteiger partial charge on any atom is 0.124 e. The fourth-order valence-electron chi connectivity index (χ4n) is 4.20. The number of rotatable bonds is 8. The Morgan fingerprint density at radius 2 is 2.19 bits per heavy atom. The first-order chi connectivity index (χ1) is 13.2. The third kappa shape index (κ3) is 4.31. The van der Waals surface area contributed by atoms with Gasteiger partial charge in [0.25, 0.3) is 0 Å². The van der Waals surface area contributed by atoms with Gasteiger partial charge in [0.15, 0.2) is 0 Å². The fraction of sp³-hybridized carbons (Fsp3) is 0.545. The highest BCUT2D eigenvalue weighted by atomic mass is 32.1. The fourth-order valence-corrected chi connectivity index (χ4v) is 5.06. The van der Waals surface area contributed by atoms with Crippen LogP contribution in [0.5, 0.6) is 11.5 Å². The molecule has 2 aromatic rings. The van der Waals surface area contributed by atoms with Crippen LogP contribution in [-0.2, 0) is 13.0 Å². The number of thiophene rings is 1. The quantitative estimate of drug-likeness (QED) is 0.729. The van der Waals surface area contributed by atoms with E-state index in [-0.39, 0.29) is 6.10 Å². The van der Waals surface area contributed by atoms with Gasteiger partial charge in [-0.1, -0.05) is 6.07 Å². The molecular weight excluding hydrogens is 356 g/mol. The summed E-state index contributed by atoms with van der Waals surface area (Å²) in [6.45, 7) is 9.03. The Bertz CT molecular complexity index is 741. The molecule has 146 valence electrons. The van der Waals surface area contributed by atoms with Crippen LogP contribution < -0.4 is 14.8 Å². The number of benzene rings is 1. The number of fused-ring (bicyclic) bond motifs is 1. The zero-order valence-electron chi connectivity index (χ0n) is 16.4. The molecule has 1 saturated heterocycles. The molecule has 2 atom stereocenters. The second-order valence-electron chi connectivity index (χ2n) is 7.54. The molecule has 1 N–H and O–H groups in total. The average molecular weight is 387 g/mol. The number of ether oxygens (including phenoxy) is 2. The summed E-state index contributed by atoms with van der Waals surface area (Å²) >= 11 is 1.87. The maximum absolute atomic E-state index is 5.96. The summed E-state index contributed by atoms with van der Waals surface area (Å²) in [5.74, 6) is 2.02. The van der Waals surface area contributed by atoms with Gasteiger partial charge in [0.1, 0.15) is 17.6 Å². The molecule has 1 aromatic heterocycles. The van der Waals surface area contributed by atoms with Crippen molar-refractivity contribution >= 4 is 11.3 Å². The smallest absolute Gasteiger partial charge is 0.124 e. The highest BCUT2D eigenvalue weighted by molar-refractivity contribution is 7.10. The van der Waals surface area contributed by atoms with Gasteiger partial charge in [-0.05, 0) is 63.4 Å². The lowest BCUT2D eigenvalue weighted by molar-refractivity contribution is 0.241. The van der Waals surface area contributed by atoms with Gasteiger partial charge in [-0.25, -0.2) is 0 Å². The highest BCUT2D eigenvalue weighted by Gasteiger charge is 2.25. The number of nitrogens with one attached hydrogen (secondary N) is 1. The molecule has 27 heavy (non-hydrogen) atoms. The van der Waals surface area contributed by atoms with E-state index in [4.69, 9.17) is 9.47 Å². The molecule has 5 heteroatoms. The molecular formula is C22H30N2O2S. The molecule has 1 fully saturated rings. The van der Waals surface area contributed by atoms with Gasteiger partial charge in [0.2, 0.25) is 0 Å². The predicted molar refractivity (Wildman–Crippen MR) is 111 cm³/mol. The summed E-state index contributed by atoms with van der Waals surface area (Å²) in [7, 11) is 0. The lowest BCUT2D eigenvalue weighted by atomic mass is 10.1. The molecule has 2 aliphatic heterocycles. The van der Waals surface area contributed by atoms with Gasteiger partial charge < -0.3 is 14.8 Å². The van der Waals surface area contributed by atoms with E-state index in [1.165, 1.54) is 41.9 Å². The minimum atomic E-state index is 0.260. The summed E-state index contributed by atoms with van der Waals surface area (Å²) in [6, 6.07) is 9.25. The third-order valence-electron chi connectivity index (χ3n) is 5.49. The molecule has 4 nitrogen and oxygen atoms in total. The third-order valence-corrected chi connectivity index (χ3v) is 6.46. The van der Waals surface area contributed by atoms with Crippen molar-refractivity contribution in [1.29, 1.82) is 0 Å². The minimum Gasteiger partial charge on any atom is -0.494 e. The summed E-state index contributed by atoms with van der Waals surface area (Å²) in [6.07, 6.45) is 3.86. The van der Waals surface area contributed by atoms with Crippen molar-refractivity contribution in [3.8, 4) is 11.5 Å². The molecule has 0 amide bonds. The molecule has 0 aliphatic carbocycles. The van der Waals surface area contributed by atoms with Crippen LogP contribution >= 0.6 is 11.3 Å². The molecule has 3 heterocycles. The van der Waals surface area contributed by atoms with Crippen LogP contribution in [0.1, 0.15) is 48.7 Å². The Labute approximate surface area is 166 Å². The van der Waals surface area contributed by atoms with Crippen molar-refractivity contribution < 1.29 is 9.47 Å². The molecule has 0 unspecified atom stereocenters. The van der Waals surface area contributed by atoms with Crippen molar-refractivity contribution in [3.63, 3.8) is 0 Å². The SMILES string of the molecule is CCOc1cc2c(cc1CNC[C@H](c1cccs1)N1CCCC1)O[C@H](C)C2. The van der Waals surface area contributed by atoms with E-state index < -0.39 is 0 Å². The van der Waals surface area contributed by atoms with Crippen LogP contribution in [-0.4, -0.2) is 37.2 Å². The van der Waals surface area contributed by atoms with E-state index >= 15 is 0 Å². The van der Waals surface area contributed by atoms with E-state index in [2.05, 4.69) is 46.8 Å². The number of likely N-dealkylation sites (tertiary alicyclic amines) is 1. The Morgan fingerprint density at radius 1 is 1.33 bits per heavy atom. The Balaban J connectivity index is 1.45. The van der Waals surface area contributed by atoms with Gasteiger partial charge in [-0.2, -0.15) is 0 Å². The van der Waals surface area contributed by atoms with Gasteiger partial charge in [0.05, 0.1) is 12.6 Å². The first kappa shape index (κ1) is 18.8. The molecule has 4 rings (SSSR count).